The average Bonchev–Trinajstić information content (AvgIpc) is 2.52. The molecule has 138 valence electrons. The summed E-state index contributed by atoms with van der Waals surface area (Å²) in [6.45, 7) is 8.17. The van der Waals surface area contributed by atoms with Crippen LogP contribution in [0.2, 0.25) is 0 Å². The number of carbonyl (C=O) groups excluding carboxylic acids is 2. The van der Waals surface area contributed by atoms with Crippen molar-refractivity contribution in [1.29, 1.82) is 0 Å². The van der Waals surface area contributed by atoms with Gasteiger partial charge < -0.3 is 10.1 Å². The fourth-order valence-corrected chi connectivity index (χ4v) is 4.35. The van der Waals surface area contributed by atoms with Crippen molar-refractivity contribution in [2.24, 2.45) is 5.41 Å². The Hall–Kier alpha value is -1.88. The molecule has 0 amide bonds. The number of hydrogen-bond acceptors (Lipinski definition) is 4. The molecule has 5 heteroatoms. The van der Waals surface area contributed by atoms with E-state index in [1.807, 2.05) is 31.2 Å². The first-order valence-corrected chi connectivity index (χ1v) is 9.69. The molecule has 2 aliphatic rings. The molecule has 1 aliphatic carbocycles. The molecule has 1 atom stereocenters. The molecular weight excluding hydrogens is 394 g/mol. The summed E-state index contributed by atoms with van der Waals surface area (Å²) in [5.41, 5.74) is 3.75. The van der Waals surface area contributed by atoms with E-state index in [4.69, 9.17) is 4.74 Å². The van der Waals surface area contributed by atoms with Crippen molar-refractivity contribution >= 4 is 27.7 Å². The molecular formula is C21H24BrNO3. The van der Waals surface area contributed by atoms with Gasteiger partial charge in [-0.2, -0.15) is 0 Å². The first-order valence-electron chi connectivity index (χ1n) is 8.90. The molecule has 1 aromatic rings. The number of esters is 1. The summed E-state index contributed by atoms with van der Waals surface area (Å²) in [4.78, 5) is 25.8. The highest BCUT2D eigenvalue weighted by molar-refractivity contribution is 9.10. The number of dihydropyridines is 1. The highest BCUT2D eigenvalue weighted by atomic mass is 79.9. The fraction of sp³-hybridized carbons (Fsp3) is 0.429. The van der Waals surface area contributed by atoms with Crippen LogP contribution in [0, 0.1) is 5.41 Å². The molecule has 0 aromatic heterocycles. The largest absolute Gasteiger partial charge is 0.463 e. The zero-order valence-corrected chi connectivity index (χ0v) is 17.2. The predicted molar refractivity (Wildman–Crippen MR) is 104 cm³/mol. The smallest absolute Gasteiger partial charge is 0.336 e. The van der Waals surface area contributed by atoms with Gasteiger partial charge in [-0.1, -0.05) is 41.9 Å². The summed E-state index contributed by atoms with van der Waals surface area (Å²) in [7, 11) is 0. The van der Waals surface area contributed by atoms with E-state index >= 15 is 0 Å². The van der Waals surface area contributed by atoms with Crippen LogP contribution >= 0.6 is 15.9 Å². The van der Waals surface area contributed by atoms with Gasteiger partial charge in [0, 0.05) is 33.8 Å². The predicted octanol–water partition coefficient (Wildman–Crippen LogP) is 4.62. The van der Waals surface area contributed by atoms with E-state index in [-0.39, 0.29) is 17.2 Å². The van der Waals surface area contributed by atoms with Gasteiger partial charge in [0.2, 0.25) is 0 Å². The van der Waals surface area contributed by atoms with Crippen molar-refractivity contribution in [2.45, 2.75) is 46.5 Å². The molecule has 0 bridgehead atoms. The molecule has 0 saturated carbocycles. The number of hydrogen-bond donors (Lipinski definition) is 1. The number of ketones is 1. The highest BCUT2D eigenvalue weighted by Gasteiger charge is 2.43. The van der Waals surface area contributed by atoms with E-state index in [0.29, 0.717) is 24.2 Å². The van der Waals surface area contributed by atoms with Gasteiger partial charge in [-0.25, -0.2) is 4.79 Å². The summed E-state index contributed by atoms with van der Waals surface area (Å²) in [6.07, 6.45) is 1.26. The van der Waals surface area contributed by atoms with Crippen molar-refractivity contribution in [3.8, 4) is 0 Å². The summed E-state index contributed by atoms with van der Waals surface area (Å²) in [6, 6.07) is 7.80. The van der Waals surface area contributed by atoms with E-state index in [1.54, 1.807) is 6.92 Å². The lowest BCUT2D eigenvalue weighted by molar-refractivity contribution is -0.138. The fourth-order valence-electron chi connectivity index (χ4n) is 3.93. The van der Waals surface area contributed by atoms with Gasteiger partial charge in [0.1, 0.15) is 0 Å². The van der Waals surface area contributed by atoms with Crippen LogP contribution in [0.3, 0.4) is 0 Å². The van der Waals surface area contributed by atoms with Crippen LogP contribution in [0.25, 0.3) is 0 Å². The van der Waals surface area contributed by atoms with Crippen LogP contribution in [-0.2, 0) is 14.3 Å². The number of carbonyl (C=O) groups is 2. The van der Waals surface area contributed by atoms with Gasteiger partial charge in [-0.05, 0) is 43.4 Å². The second-order valence-electron chi connectivity index (χ2n) is 7.71. The number of halogens is 1. The van der Waals surface area contributed by atoms with Gasteiger partial charge >= 0.3 is 5.97 Å². The Morgan fingerprint density at radius 2 is 2.08 bits per heavy atom. The molecule has 0 fully saturated rings. The first kappa shape index (κ1) is 18.9. The Balaban J connectivity index is 2.18. The van der Waals surface area contributed by atoms with E-state index in [1.165, 1.54) is 0 Å². The molecule has 1 heterocycles. The van der Waals surface area contributed by atoms with Crippen molar-refractivity contribution in [2.75, 3.05) is 6.61 Å². The molecule has 1 aliphatic heterocycles. The molecule has 4 nitrogen and oxygen atoms in total. The molecule has 0 spiro atoms. The van der Waals surface area contributed by atoms with Gasteiger partial charge in [0.25, 0.3) is 0 Å². The van der Waals surface area contributed by atoms with Crippen LogP contribution in [0.4, 0.5) is 0 Å². The maximum absolute atomic E-state index is 13.1. The Morgan fingerprint density at radius 3 is 2.73 bits per heavy atom. The summed E-state index contributed by atoms with van der Waals surface area (Å²) in [5.74, 6) is -0.666. The second-order valence-corrected chi connectivity index (χ2v) is 8.62. The van der Waals surface area contributed by atoms with Crippen LogP contribution < -0.4 is 5.32 Å². The van der Waals surface area contributed by atoms with Gasteiger partial charge in [0.15, 0.2) is 5.78 Å². The van der Waals surface area contributed by atoms with E-state index in [2.05, 4.69) is 35.1 Å². The summed E-state index contributed by atoms with van der Waals surface area (Å²) < 4.78 is 6.22. The molecule has 0 unspecified atom stereocenters. The van der Waals surface area contributed by atoms with Crippen LogP contribution in [-0.4, -0.2) is 18.4 Å². The standard InChI is InChI=1S/C21H24BrNO3/c1-5-26-20(25)17-12(2)23-15-10-21(3,4)11-16(24)19(15)18(17)13-7-6-8-14(22)9-13/h6-9,18,23H,5,10-11H2,1-4H3/t18-/m1/s1. The van der Waals surface area contributed by atoms with Crippen molar-refractivity contribution in [1.82, 2.24) is 5.32 Å². The number of ether oxygens (including phenoxy) is 1. The monoisotopic (exact) mass is 417 g/mol. The van der Waals surface area contributed by atoms with Crippen LogP contribution in [0.15, 0.2) is 51.3 Å². The molecule has 3 rings (SSSR count). The molecule has 0 radical (unpaired) electrons. The van der Waals surface area contributed by atoms with Crippen LogP contribution in [0.1, 0.15) is 52.0 Å². The SMILES string of the molecule is CCOC(=O)C1=C(C)NC2=C(C(=O)CC(C)(C)C2)[C@@H]1c1cccc(Br)c1. The van der Waals surface area contributed by atoms with E-state index in [0.717, 1.165) is 27.9 Å². The Kier molecular flexibility index (Phi) is 5.11. The third-order valence-electron chi connectivity index (χ3n) is 4.92. The van der Waals surface area contributed by atoms with Crippen molar-refractivity contribution in [3.05, 3.63) is 56.8 Å². The zero-order valence-electron chi connectivity index (χ0n) is 15.6. The topological polar surface area (TPSA) is 55.4 Å². The minimum absolute atomic E-state index is 0.0908. The second kappa shape index (κ2) is 7.03. The lowest BCUT2D eigenvalue weighted by Gasteiger charge is -2.39. The number of nitrogens with one attached hydrogen (secondary N) is 1. The average molecular weight is 418 g/mol. The van der Waals surface area contributed by atoms with Gasteiger partial charge in [0.05, 0.1) is 12.2 Å². The van der Waals surface area contributed by atoms with Crippen LogP contribution in [0.5, 0.6) is 0 Å². The lowest BCUT2D eigenvalue weighted by atomic mass is 9.68. The molecule has 0 saturated heterocycles. The van der Waals surface area contributed by atoms with Crippen molar-refractivity contribution in [3.63, 3.8) is 0 Å². The van der Waals surface area contributed by atoms with Gasteiger partial charge in [-0.15, -0.1) is 0 Å². The third-order valence-corrected chi connectivity index (χ3v) is 5.41. The summed E-state index contributed by atoms with van der Waals surface area (Å²) >= 11 is 3.50. The quantitative estimate of drug-likeness (QED) is 0.729. The normalized spacial score (nSPS) is 22.0. The minimum Gasteiger partial charge on any atom is -0.463 e. The third kappa shape index (κ3) is 3.50. The maximum atomic E-state index is 13.1. The van der Waals surface area contributed by atoms with E-state index in [9.17, 15) is 9.59 Å². The number of allylic oxidation sites excluding steroid dienone is 3. The minimum atomic E-state index is -0.397. The Labute approximate surface area is 162 Å². The van der Waals surface area contributed by atoms with Crippen molar-refractivity contribution < 1.29 is 14.3 Å². The Morgan fingerprint density at radius 1 is 1.35 bits per heavy atom. The van der Waals surface area contributed by atoms with Gasteiger partial charge in [-0.3, -0.25) is 4.79 Å². The lowest BCUT2D eigenvalue weighted by Crippen LogP contribution is -2.38. The highest BCUT2D eigenvalue weighted by Crippen LogP contribution is 2.47. The Bertz CT molecular complexity index is 835. The number of benzene rings is 1. The molecule has 26 heavy (non-hydrogen) atoms. The zero-order chi connectivity index (χ0) is 19.1. The van der Waals surface area contributed by atoms with E-state index < -0.39 is 5.92 Å². The summed E-state index contributed by atoms with van der Waals surface area (Å²) in [5, 5.41) is 3.33. The molecule has 1 N–H and O–H groups in total. The maximum Gasteiger partial charge on any atom is 0.336 e. The first-order chi connectivity index (χ1) is 12.2. The number of rotatable bonds is 3. The molecule has 1 aromatic carbocycles. The number of Topliss-reactive ketones (excluding diaryl/α,β-unsaturated/α-hetero) is 1.